The highest BCUT2D eigenvalue weighted by Gasteiger charge is 2.13. The van der Waals surface area contributed by atoms with Gasteiger partial charge in [-0.2, -0.15) is 0 Å². The van der Waals surface area contributed by atoms with Gasteiger partial charge in [-0.25, -0.2) is 4.98 Å². The van der Waals surface area contributed by atoms with Gasteiger partial charge in [0.05, 0.1) is 15.8 Å². The highest BCUT2D eigenvalue weighted by Crippen LogP contribution is 2.28. The van der Waals surface area contributed by atoms with Crippen molar-refractivity contribution in [3.8, 4) is 0 Å². The summed E-state index contributed by atoms with van der Waals surface area (Å²) >= 11 is 13.3. The number of thioether (sulfide) groups is 1. The van der Waals surface area contributed by atoms with Crippen molar-refractivity contribution in [1.29, 1.82) is 0 Å². The highest BCUT2D eigenvalue weighted by molar-refractivity contribution is 8.00. The number of carbonyl (C=O) groups is 2. The van der Waals surface area contributed by atoms with Crippen LogP contribution in [-0.2, 0) is 14.3 Å². The van der Waals surface area contributed by atoms with Gasteiger partial charge in [-0.3, -0.25) is 9.59 Å². The Bertz CT molecular complexity index is 799. The second kappa shape index (κ2) is 9.08. The Morgan fingerprint density at radius 1 is 1.24 bits per heavy atom. The van der Waals surface area contributed by atoms with Crippen molar-refractivity contribution >= 4 is 52.7 Å². The summed E-state index contributed by atoms with van der Waals surface area (Å²) in [5, 5.41) is 3.15. The molecule has 1 N–H and O–H groups in total. The molecule has 0 saturated carbocycles. The van der Waals surface area contributed by atoms with E-state index in [1.807, 2.05) is 31.2 Å². The van der Waals surface area contributed by atoms with Crippen LogP contribution in [0.25, 0.3) is 0 Å². The number of amides is 1. The van der Waals surface area contributed by atoms with Gasteiger partial charge in [-0.05, 0) is 31.0 Å². The third-order valence-corrected chi connectivity index (χ3v) is 5.26. The lowest BCUT2D eigenvalue weighted by atomic mass is 10.2. The minimum Gasteiger partial charge on any atom is -0.455 e. The van der Waals surface area contributed by atoms with Gasteiger partial charge in [-0.1, -0.05) is 41.4 Å². The summed E-state index contributed by atoms with van der Waals surface area (Å²) in [5.74, 6) is -0.698. The van der Waals surface area contributed by atoms with Gasteiger partial charge in [0.1, 0.15) is 0 Å². The molecule has 132 valence electrons. The predicted molar refractivity (Wildman–Crippen MR) is 100 cm³/mol. The number of halogens is 2. The van der Waals surface area contributed by atoms with Crippen LogP contribution in [0.1, 0.15) is 11.1 Å². The predicted octanol–water partition coefficient (Wildman–Crippen LogP) is 4.28. The van der Waals surface area contributed by atoms with Crippen LogP contribution in [0.3, 0.4) is 0 Å². The highest BCUT2D eigenvalue weighted by atomic mass is 35.5. The molecule has 0 aliphatic heterocycles. The van der Waals surface area contributed by atoms with E-state index in [2.05, 4.69) is 10.3 Å². The molecule has 0 unspecified atom stereocenters. The van der Waals surface area contributed by atoms with E-state index < -0.39 is 18.5 Å². The van der Waals surface area contributed by atoms with E-state index in [-0.39, 0.29) is 16.6 Å². The molecule has 25 heavy (non-hydrogen) atoms. The molecular formula is C17H16Cl2N2O3S. The number of anilines is 1. The SMILES string of the molecule is Cc1ccccc1SCC(=O)OCC(=O)Nc1ncc(Cl)c(C)c1Cl. The molecule has 0 radical (unpaired) electrons. The smallest absolute Gasteiger partial charge is 0.316 e. The topological polar surface area (TPSA) is 68.3 Å². The van der Waals surface area contributed by atoms with Crippen LogP contribution in [0.2, 0.25) is 10.0 Å². The lowest BCUT2D eigenvalue weighted by molar-refractivity contribution is -0.144. The number of nitrogens with one attached hydrogen (secondary N) is 1. The average molecular weight is 399 g/mol. The Balaban J connectivity index is 1.81. The summed E-state index contributed by atoms with van der Waals surface area (Å²) in [7, 11) is 0. The zero-order chi connectivity index (χ0) is 18.4. The van der Waals surface area contributed by atoms with Gasteiger partial charge in [0.15, 0.2) is 12.4 Å². The molecule has 0 aliphatic carbocycles. The monoisotopic (exact) mass is 398 g/mol. The lowest BCUT2D eigenvalue weighted by Crippen LogP contribution is -2.22. The van der Waals surface area contributed by atoms with Gasteiger partial charge < -0.3 is 10.1 Å². The van der Waals surface area contributed by atoms with Crippen molar-refractivity contribution in [2.75, 3.05) is 17.7 Å². The first-order valence-corrected chi connectivity index (χ1v) is 9.07. The van der Waals surface area contributed by atoms with Crippen molar-refractivity contribution in [2.24, 2.45) is 0 Å². The third-order valence-electron chi connectivity index (χ3n) is 3.26. The Hall–Kier alpha value is -1.76. The number of benzene rings is 1. The molecule has 5 nitrogen and oxygen atoms in total. The molecule has 0 aliphatic rings. The number of aryl methyl sites for hydroxylation is 1. The van der Waals surface area contributed by atoms with E-state index in [4.69, 9.17) is 27.9 Å². The minimum absolute atomic E-state index is 0.122. The molecule has 0 fully saturated rings. The lowest BCUT2D eigenvalue weighted by Gasteiger charge is -2.09. The summed E-state index contributed by atoms with van der Waals surface area (Å²) in [4.78, 5) is 28.6. The van der Waals surface area contributed by atoms with Crippen molar-refractivity contribution in [3.63, 3.8) is 0 Å². The molecule has 1 amide bonds. The van der Waals surface area contributed by atoms with Crippen molar-refractivity contribution < 1.29 is 14.3 Å². The van der Waals surface area contributed by atoms with Crippen molar-refractivity contribution in [1.82, 2.24) is 4.98 Å². The number of pyridine rings is 1. The molecule has 0 atom stereocenters. The van der Waals surface area contributed by atoms with Crippen molar-refractivity contribution in [3.05, 3.63) is 51.6 Å². The zero-order valence-corrected chi connectivity index (χ0v) is 16.0. The second-order valence-corrected chi connectivity index (χ2v) is 6.96. The summed E-state index contributed by atoms with van der Waals surface area (Å²) < 4.78 is 4.96. The first-order chi connectivity index (χ1) is 11.9. The van der Waals surface area contributed by atoms with E-state index in [9.17, 15) is 9.59 Å². The van der Waals surface area contributed by atoms with Crippen LogP contribution in [0.15, 0.2) is 35.4 Å². The Morgan fingerprint density at radius 3 is 2.68 bits per heavy atom. The van der Waals surface area contributed by atoms with E-state index >= 15 is 0 Å². The molecule has 0 bridgehead atoms. The van der Waals surface area contributed by atoms with E-state index in [0.717, 1.165) is 10.5 Å². The molecule has 0 spiro atoms. The average Bonchev–Trinajstić information content (AvgIpc) is 2.60. The maximum atomic E-state index is 11.9. The van der Waals surface area contributed by atoms with E-state index in [1.54, 1.807) is 6.92 Å². The summed E-state index contributed by atoms with van der Waals surface area (Å²) in [6.07, 6.45) is 1.39. The number of hydrogen-bond donors (Lipinski definition) is 1. The fraction of sp³-hybridized carbons (Fsp3) is 0.235. The fourth-order valence-corrected chi connectivity index (χ4v) is 3.07. The van der Waals surface area contributed by atoms with Gasteiger partial charge >= 0.3 is 5.97 Å². The maximum Gasteiger partial charge on any atom is 0.316 e. The fourth-order valence-electron chi connectivity index (χ4n) is 1.86. The van der Waals surface area contributed by atoms with Crippen LogP contribution >= 0.6 is 35.0 Å². The van der Waals surface area contributed by atoms with Gasteiger partial charge in [0.25, 0.3) is 5.91 Å². The Labute approximate surface area is 160 Å². The number of nitrogens with zero attached hydrogens (tertiary/aromatic N) is 1. The van der Waals surface area contributed by atoms with E-state index in [0.29, 0.717) is 10.6 Å². The number of aromatic nitrogens is 1. The standard InChI is InChI=1S/C17H16Cl2N2O3S/c1-10-5-3-4-6-13(10)25-9-15(23)24-8-14(22)21-17-16(19)11(2)12(18)7-20-17/h3-7H,8-9H2,1-2H3,(H,20,21,22). The Kier molecular flexibility index (Phi) is 7.11. The van der Waals surface area contributed by atoms with Gasteiger partial charge in [-0.15, -0.1) is 11.8 Å². The normalized spacial score (nSPS) is 10.4. The zero-order valence-electron chi connectivity index (χ0n) is 13.6. The molecule has 2 aromatic rings. The maximum absolute atomic E-state index is 11.9. The van der Waals surface area contributed by atoms with Gasteiger partial charge in [0, 0.05) is 11.1 Å². The van der Waals surface area contributed by atoms with Crippen LogP contribution < -0.4 is 5.32 Å². The molecule has 1 heterocycles. The largest absolute Gasteiger partial charge is 0.455 e. The molecule has 0 saturated heterocycles. The summed E-state index contributed by atoms with van der Waals surface area (Å²) in [6.45, 7) is 3.27. The third kappa shape index (κ3) is 5.63. The van der Waals surface area contributed by atoms with Gasteiger partial charge in [0.2, 0.25) is 0 Å². The van der Waals surface area contributed by atoms with E-state index in [1.165, 1.54) is 18.0 Å². The van der Waals surface area contributed by atoms with Crippen LogP contribution in [0.4, 0.5) is 5.82 Å². The number of ether oxygens (including phenoxy) is 1. The number of carbonyl (C=O) groups excluding carboxylic acids is 2. The summed E-state index contributed by atoms with van der Waals surface area (Å²) in [5.41, 5.74) is 1.69. The molecule has 8 heteroatoms. The quantitative estimate of drug-likeness (QED) is 0.580. The van der Waals surface area contributed by atoms with Crippen LogP contribution in [-0.4, -0.2) is 29.2 Å². The minimum atomic E-state index is -0.523. The number of hydrogen-bond acceptors (Lipinski definition) is 5. The molecular weight excluding hydrogens is 383 g/mol. The van der Waals surface area contributed by atoms with Crippen LogP contribution in [0.5, 0.6) is 0 Å². The van der Waals surface area contributed by atoms with Crippen molar-refractivity contribution in [2.45, 2.75) is 18.7 Å². The molecule has 1 aromatic heterocycles. The first-order valence-electron chi connectivity index (χ1n) is 7.33. The molecule has 1 aromatic carbocycles. The second-order valence-electron chi connectivity index (χ2n) is 5.16. The number of rotatable bonds is 6. The summed E-state index contributed by atoms with van der Waals surface area (Å²) in [6, 6.07) is 7.72. The Morgan fingerprint density at radius 2 is 1.96 bits per heavy atom. The van der Waals surface area contributed by atoms with Crippen LogP contribution in [0, 0.1) is 13.8 Å². The first kappa shape index (κ1) is 19.6. The number of esters is 1. The molecule has 2 rings (SSSR count).